The average Bonchev–Trinajstić information content (AvgIpc) is 2.18. The van der Waals surface area contributed by atoms with Gasteiger partial charge in [-0.1, -0.05) is 0 Å². The van der Waals surface area contributed by atoms with Crippen LogP contribution in [0.1, 0.15) is 5.56 Å². The molecule has 10 heteroatoms. The van der Waals surface area contributed by atoms with Crippen LogP contribution in [-0.2, 0) is 4.79 Å². The molecule has 3 N–H and O–H groups in total. The van der Waals surface area contributed by atoms with Gasteiger partial charge in [-0.25, -0.2) is 4.98 Å². The molecule has 1 aromatic rings. The molecule has 0 aromatic carbocycles. The van der Waals surface area contributed by atoms with Crippen LogP contribution in [0.4, 0.5) is 37.8 Å². The van der Waals surface area contributed by atoms with Crippen LogP contribution in [0, 0.1) is 12.8 Å². The number of carbonyl (C=O) groups is 1. The second-order valence-electron chi connectivity index (χ2n) is 3.93. The van der Waals surface area contributed by atoms with Crippen LogP contribution < -0.4 is 11.1 Å². The Morgan fingerprint density at radius 1 is 1.25 bits per heavy atom. The minimum Gasteiger partial charge on any atom is -0.397 e. The third kappa shape index (κ3) is 3.75. The minimum atomic E-state index is -5.74. The van der Waals surface area contributed by atoms with Crippen molar-refractivity contribution in [1.29, 1.82) is 0 Å². The van der Waals surface area contributed by atoms with Crippen LogP contribution in [0.3, 0.4) is 0 Å². The number of anilines is 2. The van der Waals surface area contributed by atoms with Gasteiger partial charge in [0, 0.05) is 0 Å². The zero-order valence-electron chi connectivity index (χ0n) is 9.93. The van der Waals surface area contributed by atoms with Crippen LogP contribution in [-0.4, -0.2) is 23.2 Å². The first-order valence-electron chi connectivity index (χ1n) is 5.09. The summed E-state index contributed by atoms with van der Waals surface area (Å²) >= 11 is 0. The maximum absolute atomic E-state index is 12.3. The van der Waals surface area contributed by atoms with Gasteiger partial charge in [-0.05, 0) is 18.6 Å². The van der Waals surface area contributed by atoms with E-state index >= 15 is 0 Å². The molecule has 0 aliphatic heterocycles. The Kier molecular flexibility index (Phi) is 4.15. The largest absolute Gasteiger partial charge is 0.409 e. The summed E-state index contributed by atoms with van der Waals surface area (Å²) < 4.78 is 73.7. The fourth-order valence-corrected chi connectivity index (χ4v) is 1.32. The van der Waals surface area contributed by atoms with E-state index in [0.717, 1.165) is 12.3 Å². The lowest BCUT2D eigenvalue weighted by Crippen LogP contribution is -2.45. The van der Waals surface area contributed by atoms with Gasteiger partial charge >= 0.3 is 12.4 Å². The summed E-state index contributed by atoms with van der Waals surface area (Å²) in [5, 5.41) is 1.48. The maximum Gasteiger partial charge on any atom is 0.409 e. The van der Waals surface area contributed by atoms with E-state index in [1.165, 1.54) is 12.2 Å². The highest BCUT2D eigenvalue weighted by atomic mass is 19.4. The number of alkyl halides is 6. The van der Waals surface area contributed by atoms with Crippen molar-refractivity contribution in [2.45, 2.75) is 19.3 Å². The number of rotatable bonds is 2. The lowest BCUT2D eigenvalue weighted by molar-refractivity contribution is -0.272. The van der Waals surface area contributed by atoms with Crippen molar-refractivity contribution in [2.24, 2.45) is 5.92 Å². The number of hydrogen-bond acceptors (Lipinski definition) is 3. The first-order chi connectivity index (χ1) is 8.93. The number of amides is 1. The van der Waals surface area contributed by atoms with E-state index in [0.29, 0.717) is 5.56 Å². The monoisotopic (exact) mass is 301 g/mol. The number of nitrogens with zero attached hydrogens (tertiary/aromatic N) is 1. The first-order valence-corrected chi connectivity index (χ1v) is 5.09. The molecule has 0 bridgehead atoms. The van der Waals surface area contributed by atoms with E-state index in [-0.39, 0.29) is 5.69 Å². The molecule has 0 aliphatic carbocycles. The lowest BCUT2D eigenvalue weighted by atomic mass is 10.1. The number of halogens is 6. The second-order valence-corrected chi connectivity index (χ2v) is 3.93. The van der Waals surface area contributed by atoms with E-state index in [1.54, 1.807) is 0 Å². The summed E-state index contributed by atoms with van der Waals surface area (Å²) in [5.41, 5.74) is 5.92. The number of nitrogen functional groups attached to an aromatic ring is 1. The van der Waals surface area contributed by atoms with Gasteiger partial charge in [0.05, 0.1) is 11.9 Å². The van der Waals surface area contributed by atoms with E-state index in [4.69, 9.17) is 5.73 Å². The van der Waals surface area contributed by atoms with Gasteiger partial charge in [0.2, 0.25) is 11.8 Å². The average molecular weight is 301 g/mol. The van der Waals surface area contributed by atoms with E-state index in [1.807, 2.05) is 0 Å². The molecule has 0 unspecified atom stereocenters. The Morgan fingerprint density at radius 3 is 2.15 bits per heavy atom. The molecule has 0 saturated heterocycles. The number of nitrogens with two attached hydrogens (primary N) is 1. The number of carbonyl (C=O) groups excluding carboxylic acids is 1. The Hall–Kier alpha value is -2.00. The molecule has 4 nitrogen and oxygen atoms in total. The Labute approximate surface area is 109 Å². The first kappa shape index (κ1) is 16.1. The molecule has 112 valence electrons. The third-order valence-electron chi connectivity index (χ3n) is 2.32. The van der Waals surface area contributed by atoms with E-state index in [2.05, 4.69) is 4.98 Å². The van der Waals surface area contributed by atoms with Crippen molar-refractivity contribution >= 4 is 17.4 Å². The van der Waals surface area contributed by atoms with Crippen molar-refractivity contribution in [1.82, 2.24) is 4.98 Å². The predicted molar refractivity (Wildman–Crippen MR) is 57.6 cm³/mol. The number of nitrogens with one attached hydrogen (secondary N) is 1. The van der Waals surface area contributed by atoms with Crippen molar-refractivity contribution in [3.63, 3.8) is 0 Å². The van der Waals surface area contributed by atoms with Crippen LogP contribution in [0.2, 0.25) is 0 Å². The fraction of sp³-hybridized carbons (Fsp3) is 0.400. The van der Waals surface area contributed by atoms with Gasteiger partial charge < -0.3 is 11.1 Å². The fourth-order valence-electron chi connectivity index (χ4n) is 1.32. The molecule has 20 heavy (non-hydrogen) atoms. The zero-order chi connectivity index (χ0) is 15.7. The summed E-state index contributed by atoms with van der Waals surface area (Å²) in [6.07, 6.45) is -10.5. The summed E-state index contributed by atoms with van der Waals surface area (Å²) in [5.74, 6) is -6.81. The molecular weight excluding hydrogens is 292 g/mol. The Bertz CT molecular complexity index is 497. The lowest BCUT2D eigenvalue weighted by Gasteiger charge is -2.21. The highest BCUT2D eigenvalue weighted by Gasteiger charge is 2.61. The Morgan fingerprint density at radius 2 is 1.75 bits per heavy atom. The standard InChI is InChI=1S/C10H9F6N3O/c1-4-2-6(18-3-5(4)17)19-8(20)7(9(11,12)13)10(14,15)16/h2-3,7H,17H2,1H3,(H,18,19,20). The molecule has 1 aromatic heterocycles. The molecule has 1 rings (SSSR count). The number of aromatic nitrogens is 1. The highest BCUT2D eigenvalue weighted by Crippen LogP contribution is 2.39. The van der Waals surface area contributed by atoms with Crippen molar-refractivity contribution in [2.75, 3.05) is 11.1 Å². The summed E-state index contributed by atoms with van der Waals surface area (Å²) in [6.45, 7) is 1.46. The molecular formula is C10H9F6N3O. The smallest absolute Gasteiger partial charge is 0.397 e. The predicted octanol–water partition coefficient (Wildman–Crippen LogP) is 2.65. The van der Waals surface area contributed by atoms with Gasteiger partial charge in [0.15, 0.2) is 0 Å². The van der Waals surface area contributed by atoms with E-state index < -0.39 is 30.0 Å². The van der Waals surface area contributed by atoms with Crippen molar-refractivity contribution < 1.29 is 31.1 Å². The highest BCUT2D eigenvalue weighted by molar-refractivity contribution is 5.93. The molecule has 0 saturated carbocycles. The minimum absolute atomic E-state index is 0.186. The summed E-state index contributed by atoms with van der Waals surface area (Å²) in [7, 11) is 0. The van der Waals surface area contributed by atoms with Gasteiger partial charge in [-0.3, -0.25) is 4.79 Å². The zero-order valence-corrected chi connectivity index (χ0v) is 9.93. The normalized spacial score (nSPS) is 12.6. The summed E-state index contributed by atoms with van der Waals surface area (Å²) in [4.78, 5) is 14.6. The van der Waals surface area contributed by atoms with Gasteiger partial charge in [0.1, 0.15) is 5.82 Å². The number of hydrogen-bond donors (Lipinski definition) is 2. The van der Waals surface area contributed by atoms with E-state index in [9.17, 15) is 31.1 Å². The van der Waals surface area contributed by atoms with Gasteiger partial charge in [-0.2, -0.15) is 26.3 Å². The van der Waals surface area contributed by atoms with Gasteiger partial charge in [-0.15, -0.1) is 0 Å². The third-order valence-corrected chi connectivity index (χ3v) is 2.32. The van der Waals surface area contributed by atoms with Crippen LogP contribution in [0.5, 0.6) is 0 Å². The van der Waals surface area contributed by atoms with Crippen molar-refractivity contribution in [3.05, 3.63) is 17.8 Å². The quantitative estimate of drug-likeness (QED) is 0.825. The second kappa shape index (κ2) is 5.17. The molecule has 1 heterocycles. The van der Waals surface area contributed by atoms with Crippen LogP contribution in [0.25, 0.3) is 0 Å². The van der Waals surface area contributed by atoms with Crippen molar-refractivity contribution in [3.8, 4) is 0 Å². The maximum atomic E-state index is 12.3. The molecule has 0 atom stereocenters. The summed E-state index contributed by atoms with van der Waals surface area (Å²) in [6, 6.07) is 1.07. The number of aryl methyl sites for hydroxylation is 1. The number of pyridine rings is 1. The van der Waals surface area contributed by atoms with Crippen LogP contribution in [0.15, 0.2) is 12.3 Å². The molecule has 0 radical (unpaired) electrons. The SMILES string of the molecule is Cc1cc(NC(=O)C(C(F)(F)F)C(F)(F)F)ncc1N. The topological polar surface area (TPSA) is 68.0 Å². The molecule has 0 aliphatic rings. The molecule has 0 fully saturated rings. The molecule has 0 spiro atoms. The Balaban J connectivity index is 3.00. The molecule has 1 amide bonds. The van der Waals surface area contributed by atoms with Gasteiger partial charge in [0.25, 0.3) is 0 Å². The van der Waals surface area contributed by atoms with Crippen LogP contribution >= 0.6 is 0 Å².